The molecule has 5 aromatic carbocycles. The molecule has 5 nitrogen and oxygen atoms in total. The lowest BCUT2D eigenvalue weighted by Gasteiger charge is -2.24. The maximum atomic E-state index is 6.64. The smallest absolute Gasteiger partial charge is 0.138 e. The largest absolute Gasteiger partial charge is 0.457 e. The lowest BCUT2D eigenvalue weighted by atomic mass is 9.87. The molecule has 0 saturated heterocycles. The van der Waals surface area contributed by atoms with Crippen molar-refractivity contribution in [2.45, 2.75) is 66.7 Å². The molecule has 0 N–H and O–H groups in total. The average Bonchev–Trinajstić information content (AvgIpc) is 3.78. The monoisotopic (exact) mass is 724 g/mol. The Kier molecular flexibility index (Phi) is 9.73. The normalized spacial score (nSPS) is 13.3. The summed E-state index contributed by atoms with van der Waals surface area (Å²) >= 11 is 0. The van der Waals surface area contributed by atoms with Crippen molar-refractivity contribution in [3.05, 3.63) is 157 Å². The molecule has 0 bridgehead atoms. The topological polar surface area (TPSA) is 33.5 Å². The summed E-state index contributed by atoms with van der Waals surface area (Å²) in [4.78, 5) is 9.55. The van der Waals surface area contributed by atoms with Crippen molar-refractivity contribution in [3.63, 3.8) is 0 Å². The fourth-order valence-electron chi connectivity index (χ4n) is 7.97. The zero-order chi connectivity index (χ0) is 38.3. The SMILES string of the molecule is CC(C)Cc1cccc(CC(C)C)c1-c1ccnc(-n2c3ccccc3c3ccc(Oc4cccc(N5C=CN(c6cccc(C(C)(C)C)c6)C5)c4)cc32)c1. The van der Waals surface area contributed by atoms with Gasteiger partial charge in [0.05, 0.1) is 17.7 Å². The number of aromatic nitrogens is 2. The van der Waals surface area contributed by atoms with E-state index in [0.717, 1.165) is 53.5 Å². The maximum Gasteiger partial charge on any atom is 0.138 e. The van der Waals surface area contributed by atoms with Gasteiger partial charge in [0.2, 0.25) is 0 Å². The van der Waals surface area contributed by atoms with Gasteiger partial charge in [-0.05, 0) is 113 Å². The number of hydrogen-bond donors (Lipinski definition) is 0. The molecule has 2 aromatic heterocycles. The second kappa shape index (κ2) is 14.8. The Morgan fingerprint density at radius 2 is 1.25 bits per heavy atom. The van der Waals surface area contributed by atoms with Crippen LogP contribution in [0.5, 0.6) is 11.5 Å². The second-order valence-electron chi connectivity index (χ2n) is 16.9. The van der Waals surface area contributed by atoms with Crippen molar-refractivity contribution in [2.75, 3.05) is 16.5 Å². The van der Waals surface area contributed by atoms with Crippen LogP contribution in [-0.4, -0.2) is 16.2 Å². The van der Waals surface area contributed by atoms with Gasteiger partial charge in [0.1, 0.15) is 17.3 Å². The number of nitrogens with zero attached hydrogens (tertiary/aromatic N) is 4. The molecule has 0 unspecified atom stereocenters. The highest BCUT2D eigenvalue weighted by Crippen LogP contribution is 2.38. The van der Waals surface area contributed by atoms with E-state index in [-0.39, 0.29) is 5.41 Å². The minimum absolute atomic E-state index is 0.0966. The van der Waals surface area contributed by atoms with Crippen molar-refractivity contribution in [1.82, 2.24) is 9.55 Å². The zero-order valence-corrected chi connectivity index (χ0v) is 33.3. The van der Waals surface area contributed by atoms with Crippen molar-refractivity contribution >= 4 is 33.2 Å². The van der Waals surface area contributed by atoms with Crippen LogP contribution in [0, 0.1) is 11.8 Å². The third-order valence-electron chi connectivity index (χ3n) is 10.6. The summed E-state index contributed by atoms with van der Waals surface area (Å²) in [6.45, 7) is 16.7. The molecule has 0 aliphatic carbocycles. The van der Waals surface area contributed by atoms with Gasteiger partial charge >= 0.3 is 0 Å². The number of fused-ring (bicyclic) bond motifs is 3. The van der Waals surface area contributed by atoms with E-state index in [0.29, 0.717) is 11.8 Å². The van der Waals surface area contributed by atoms with Crippen LogP contribution >= 0.6 is 0 Å². The predicted octanol–water partition coefficient (Wildman–Crippen LogP) is 13.1. The highest BCUT2D eigenvalue weighted by molar-refractivity contribution is 6.09. The molecule has 0 fully saturated rings. The minimum atomic E-state index is 0.0966. The van der Waals surface area contributed by atoms with E-state index in [9.17, 15) is 0 Å². The summed E-state index contributed by atoms with van der Waals surface area (Å²) in [5.74, 6) is 3.59. The fourth-order valence-corrected chi connectivity index (χ4v) is 7.97. The van der Waals surface area contributed by atoms with Crippen LogP contribution in [0.25, 0.3) is 38.8 Å². The highest BCUT2D eigenvalue weighted by Gasteiger charge is 2.21. The molecule has 5 heteroatoms. The maximum absolute atomic E-state index is 6.64. The highest BCUT2D eigenvalue weighted by atomic mass is 16.5. The Labute approximate surface area is 326 Å². The van der Waals surface area contributed by atoms with Gasteiger partial charge in [-0.1, -0.05) is 103 Å². The molecule has 0 amide bonds. The summed E-state index contributed by atoms with van der Waals surface area (Å²) in [6.07, 6.45) is 8.33. The average molecular weight is 725 g/mol. The van der Waals surface area contributed by atoms with Crippen molar-refractivity contribution < 1.29 is 4.74 Å². The van der Waals surface area contributed by atoms with Crippen LogP contribution in [0.2, 0.25) is 0 Å². The summed E-state index contributed by atoms with van der Waals surface area (Å²) in [5.41, 5.74) is 11.2. The zero-order valence-electron chi connectivity index (χ0n) is 33.3. The lowest BCUT2D eigenvalue weighted by Crippen LogP contribution is -2.25. The first-order valence-corrected chi connectivity index (χ1v) is 19.7. The summed E-state index contributed by atoms with van der Waals surface area (Å²) in [5, 5.41) is 2.36. The van der Waals surface area contributed by atoms with Gasteiger partial charge in [-0.2, -0.15) is 0 Å². The number of benzene rings is 5. The Morgan fingerprint density at radius 3 is 1.96 bits per heavy atom. The first-order chi connectivity index (χ1) is 26.5. The molecule has 55 heavy (non-hydrogen) atoms. The lowest BCUT2D eigenvalue weighted by molar-refractivity contribution is 0.483. The van der Waals surface area contributed by atoms with Crippen LogP contribution in [0.15, 0.2) is 140 Å². The van der Waals surface area contributed by atoms with Gasteiger partial charge in [-0.25, -0.2) is 4.98 Å². The summed E-state index contributed by atoms with van der Waals surface area (Å²) < 4.78 is 8.93. The Balaban J connectivity index is 1.12. The standard InChI is InChI=1S/C50H52N4O/c1-34(2)27-36-13-10-14-37(28-35(3)4)49(36)38-23-24-51-48(29-38)54-46-20-9-8-19-44(46)45-22-21-43(32-47(45)54)55-42-18-12-17-41(31-42)53-26-25-52(33-53)40-16-11-15-39(30-40)50(5,6)7/h8-26,29-32,34-35H,27-28,33H2,1-7H3. The second-order valence-corrected chi connectivity index (χ2v) is 16.9. The van der Waals surface area contributed by atoms with Crippen LogP contribution in [0.4, 0.5) is 11.4 Å². The molecule has 1 aliphatic rings. The van der Waals surface area contributed by atoms with Gasteiger partial charge in [0.15, 0.2) is 0 Å². The number of pyridine rings is 1. The molecule has 3 heterocycles. The van der Waals surface area contributed by atoms with E-state index in [1.165, 1.54) is 44.3 Å². The van der Waals surface area contributed by atoms with E-state index < -0.39 is 0 Å². The van der Waals surface area contributed by atoms with E-state index in [4.69, 9.17) is 9.72 Å². The quantitative estimate of drug-likeness (QED) is 0.141. The molecule has 7 aromatic rings. The number of para-hydroxylation sites is 1. The van der Waals surface area contributed by atoms with E-state index in [1.807, 2.05) is 12.3 Å². The molecule has 278 valence electrons. The van der Waals surface area contributed by atoms with Crippen LogP contribution in [-0.2, 0) is 18.3 Å². The third-order valence-corrected chi connectivity index (χ3v) is 10.6. The Morgan fingerprint density at radius 1 is 0.618 bits per heavy atom. The van der Waals surface area contributed by atoms with E-state index >= 15 is 0 Å². The van der Waals surface area contributed by atoms with Gasteiger partial charge in [0.25, 0.3) is 0 Å². The molecular formula is C50H52N4O. The number of ether oxygens (including phenoxy) is 1. The summed E-state index contributed by atoms with van der Waals surface area (Å²) in [6, 6.07) is 43.5. The van der Waals surface area contributed by atoms with Gasteiger partial charge < -0.3 is 14.5 Å². The molecule has 0 spiro atoms. The van der Waals surface area contributed by atoms with Crippen molar-refractivity contribution in [3.8, 4) is 28.4 Å². The number of anilines is 2. The molecule has 0 atom stereocenters. The van der Waals surface area contributed by atoms with Crippen LogP contribution in [0.1, 0.15) is 65.2 Å². The molecule has 0 saturated carbocycles. The first kappa shape index (κ1) is 36.2. The Bertz CT molecular complexity index is 2490. The van der Waals surface area contributed by atoms with E-state index in [1.54, 1.807) is 0 Å². The van der Waals surface area contributed by atoms with Gasteiger partial charge in [-0.3, -0.25) is 4.57 Å². The fraction of sp³-hybridized carbons (Fsp3) is 0.260. The van der Waals surface area contributed by atoms with Gasteiger partial charge in [-0.15, -0.1) is 0 Å². The van der Waals surface area contributed by atoms with E-state index in [2.05, 4.69) is 190 Å². The molecular weight excluding hydrogens is 673 g/mol. The molecule has 8 rings (SSSR count). The number of rotatable bonds is 10. The predicted molar refractivity (Wildman–Crippen MR) is 232 cm³/mol. The van der Waals surface area contributed by atoms with Crippen molar-refractivity contribution in [2.24, 2.45) is 11.8 Å². The summed E-state index contributed by atoms with van der Waals surface area (Å²) in [7, 11) is 0. The van der Waals surface area contributed by atoms with Gasteiger partial charge in [0, 0.05) is 52.9 Å². The number of hydrogen-bond acceptors (Lipinski definition) is 4. The first-order valence-electron chi connectivity index (χ1n) is 19.7. The molecule has 0 radical (unpaired) electrons. The van der Waals surface area contributed by atoms with Crippen LogP contribution < -0.4 is 14.5 Å². The van der Waals surface area contributed by atoms with Crippen molar-refractivity contribution in [1.29, 1.82) is 0 Å². The minimum Gasteiger partial charge on any atom is -0.457 e. The Hall–Kier alpha value is -5.81. The third kappa shape index (κ3) is 7.49. The molecule has 1 aliphatic heterocycles. The van der Waals surface area contributed by atoms with Crippen LogP contribution in [0.3, 0.4) is 0 Å².